The standard InChI is InChI=1S/3C20H18N2O2.2C19H15N2S2/c1-12-10-15-18(11-16(12)22-9-8-21(3)13(22)2)24-20-19(15)14-6-4-5-7-17(14)23-20;1-12-8-9-15-17-14-6-4-5-7-16(14)23-20(17)24-19(15)18(12)22-11-10-21(3)13(22)2;1-12-8-9-15-18(17(12)22-11-10-21(3)13(22)2)24-19-14-6-4-5-7-16(14)23-20(15)19;1-11-9-14-16(10-13(11)19-20-7-8-21(19)2)23-17-12-5-3-4-6-15(12)22-18(14)17;1-11-9-14-16(10-13(11)18-20-7-8-21(18)2)23-19-17(14)12-5-3-4-6-15(12)22-19/h3*4-11,13H,1-3H3;3-10,19H,1-2H3;3-10,18H,1-2H3/q;;;2*+1/t3*13-;;/m000../s1. The molecule has 0 fully saturated rings. The largest absolute Gasteiger partial charge is 0.452 e. The second-order valence-electron chi connectivity index (χ2n) is 31.5. The molecular weight excluding hydrogens is 1540 g/mol. The van der Waals surface area contributed by atoms with E-state index in [0.29, 0.717) is 17.7 Å². The van der Waals surface area contributed by atoms with Gasteiger partial charge in [-0.3, -0.25) is 0 Å². The summed E-state index contributed by atoms with van der Waals surface area (Å²) in [6.45, 7) is 17.3. The molecule has 20 aromatic rings. The van der Waals surface area contributed by atoms with Gasteiger partial charge in [-0.05, 0) is 162 Å². The van der Waals surface area contributed by atoms with Crippen LogP contribution in [0.5, 0.6) is 0 Å². The molecule has 0 N–H and O–H groups in total. The van der Waals surface area contributed by atoms with Crippen LogP contribution < -0.4 is 14.7 Å². The second kappa shape index (κ2) is 28.3. The number of nitrogens with zero attached hydrogens (tertiary/aromatic N) is 10. The Morgan fingerprint density at radius 3 is 1.35 bits per heavy atom. The van der Waals surface area contributed by atoms with Crippen molar-refractivity contribution in [3.05, 3.63) is 258 Å². The minimum absolute atomic E-state index is 0.122. The zero-order valence-corrected chi connectivity index (χ0v) is 70.8. The van der Waals surface area contributed by atoms with E-state index in [0.717, 1.165) is 105 Å². The number of para-hydroxylation sites is 3. The Morgan fingerprint density at radius 1 is 0.331 bits per heavy atom. The Morgan fingerprint density at radius 2 is 0.771 bits per heavy atom. The predicted octanol–water partition coefficient (Wildman–Crippen LogP) is 26.4. The molecule has 15 heterocycles. The third kappa shape index (κ3) is 11.7. The van der Waals surface area contributed by atoms with Crippen molar-refractivity contribution in [1.29, 1.82) is 0 Å². The lowest BCUT2D eigenvalue weighted by Gasteiger charge is -2.28. The first-order valence-electron chi connectivity index (χ1n) is 39.8. The number of hydrogen-bond acceptors (Lipinski definition) is 18. The number of aliphatic imine (C=N–C) groups is 2. The fourth-order valence-electron chi connectivity index (χ4n) is 17.6. The number of aryl methyl sites for hydroxylation is 5. The van der Waals surface area contributed by atoms with Crippen LogP contribution in [-0.2, 0) is 0 Å². The van der Waals surface area contributed by atoms with E-state index < -0.39 is 0 Å². The number of fused-ring (bicyclic) bond motifs is 25. The molecule has 10 aromatic carbocycles. The first-order valence-corrected chi connectivity index (χ1v) is 43.1. The molecule has 2 unspecified atom stereocenters. The fraction of sp³-hybridized carbons (Fsp3) is 0.184. The zero-order valence-electron chi connectivity index (χ0n) is 67.5. The molecular formula is C98H84N10O6S4+2. The molecule has 0 radical (unpaired) electrons. The predicted molar refractivity (Wildman–Crippen MR) is 497 cm³/mol. The van der Waals surface area contributed by atoms with Gasteiger partial charge in [-0.25, -0.2) is 19.1 Å². The van der Waals surface area contributed by atoms with Gasteiger partial charge in [0.2, 0.25) is 0 Å². The summed E-state index contributed by atoms with van der Waals surface area (Å²) in [7, 11) is 10.4. The van der Waals surface area contributed by atoms with E-state index in [1.54, 1.807) is 0 Å². The Balaban J connectivity index is 0.0000000917. The third-order valence-electron chi connectivity index (χ3n) is 24.3. The highest BCUT2D eigenvalue weighted by Gasteiger charge is 2.33. The summed E-state index contributed by atoms with van der Waals surface area (Å²) in [5.41, 5.74) is 19.1. The van der Waals surface area contributed by atoms with E-state index in [2.05, 4.69) is 298 Å². The Kier molecular flexibility index (Phi) is 17.5. The van der Waals surface area contributed by atoms with E-state index >= 15 is 0 Å². The van der Waals surface area contributed by atoms with Gasteiger partial charge in [0, 0.05) is 148 Å². The summed E-state index contributed by atoms with van der Waals surface area (Å²) in [6.07, 6.45) is 21.5. The van der Waals surface area contributed by atoms with Gasteiger partial charge >= 0.3 is 0 Å². The van der Waals surface area contributed by atoms with Crippen LogP contribution in [0.3, 0.4) is 0 Å². The zero-order chi connectivity index (χ0) is 80.4. The van der Waals surface area contributed by atoms with Crippen LogP contribution >= 0.6 is 45.3 Å². The highest BCUT2D eigenvalue weighted by Crippen LogP contribution is 2.50. The van der Waals surface area contributed by atoms with Crippen molar-refractivity contribution >= 4 is 246 Å². The molecule has 0 saturated carbocycles. The molecule has 0 amide bonds. The topological polar surface area (TPSA) is 129 Å². The van der Waals surface area contributed by atoms with Crippen LogP contribution in [0.2, 0.25) is 0 Å². The smallest absolute Gasteiger partial charge is 0.299 e. The molecule has 0 bridgehead atoms. The molecule has 0 aliphatic carbocycles. The van der Waals surface area contributed by atoms with Crippen LogP contribution in [0.4, 0.5) is 17.1 Å². The highest BCUT2D eigenvalue weighted by molar-refractivity contribution is 7.44. The van der Waals surface area contributed by atoms with Gasteiger partial charge < -0.3 is 55.9 Å². The lowest BCUT2D eigenvalue weighted by atomic mass is 10.0. The molecule has 584 valence electrons. The maximum absolute atomic E-state index is 6.33. The van der Waals surface area contributed by atoms with Crippen LogP contribution in [-0.4, -0.2) is 102 Å². The molecule has 10 aromatic heterocycles. The molecule has 16 nitrogen and oxygen atoms in total. The molecule has 25 rings (SSSR count). The van der Waals surface area contributed by atoms with E-state index in [1.165, 1.54) is 98.1 Å². The summed E-state index contributed by atoms with van der Waals surface area (Å²) in [5, 5.41) is 15.6. The van der Waals surface area contributed by atoms with Crippen molar-refractivity contribution in [2.24, 2.45) is 9.98 Å². The van der Waals surface area contributed by atoms with Crippen molar-refractivity contribution in [2.75, 3.05) is 49.9 Å². The van der Waals surface area contributed by atoms with Gasteiger partial charge in [-0.15, -0.1) is 45.3 Å². The van der Waals surface area contributed by atoms with Crippen molar-refractivity contribution in [2.45, 2.75) is 86.2 Å². The minimum atomic E-state index is 0.122. The van der Waals surface area contributed by atoms with E-state index in [9.17, 15) is 0 Å². The molecule has 20 heteroatoms. The summed E-state index contributed by atoms with van der Waals surface area (Å²) in [5.74, 6) is 1.20. The molecule has 5 atom stereocenters. The molecule has 5 aliphatic rings. The van der Waals surface area contributed by atoms with Crippen LogP contribution in [0, 0.1) is 34.6 Å². The first kappa shape index (κ1) is 72.9. The Hall–Kier alpha value is -12.7. The van der Waals surface area contributed by atoms with Crippen molar-refractivity contribution in [3.63, 3.8) is 0 Å². The van der Waals surface area contributed by atoms with E-state index in [1.807, 2.05) is 131 Å². The first-order chi connectivity index (χ1) is 57.4. The molecule has 118 heavy (non-hydrogen) atoms. The van der Waals surface area contributed by atoms with Gasteiger partial charge in [0.1, 0.15) is 54.9 Å². The SMILES string of the molecule is Cc1cc2c(cc1C1N=CC=[N+]1C)sc1c3ccccc3sc21.Cc1cc2c(cc1C1N=CC=[N+]1C)sc1sc3ccccc3c12.Cc1cc2c(cc1N1C=CN(C)[C@@H]1C)oc1oc3ccccc3c12.Cc1ccc2c(oc3c4ccccc4oc23)c1N1C=CN(C)[C@@H]1C.Cc1ccc2c(oc3oc4ccccc4c32)c1N1C=CN(C)[C@@H]1C. The quantitative estimate of drug-likeness (QED) is 0.152. The van der Waals surface area contributed by atoms with Crippen molar-refractivity contribution < 1.29 is 35.7 Å². The van der Waals surface area contributed by atoms with Gasteiger partial charge in [0.25, 0.3) is 23.9 Å². The van der Waals surface area contributed by atoms with Gasteiger partial charge in [-0.2, -0.15) is 0 Å². The fourth-order valence-corrected chi connectivity index (χ4v) is 22.9. The third-order valence-corrected chi connectivity index (χ3v) is 29.3. The van der Waals surface area contributed by atoms with E-state index in [4.69, 9.17) is 26.5 Å². The maximum Gasteiger partial charge on any atom is 0.299 e. The lowest BCUT2D eigenvalue weighted by molar-refractivity contribution is -0.533. The summed E-state index contributed by atoms with van der Waals surface area (Å²) >= 11 is 7.63. The average molecular weight is 1630 g/mol. The Bertz CT molecular complexity index is 7670. The van der Waals surface area contributed by atoms with Crippen LogP contribution in [0.1, 0.15) is 72.0 Å². The lowest BCUT2D eigenvalue weighted by Crippen LogP contribution is -2.33. The van der Waals surface area contributed by atoms with Crippen molar-refractivity contribution in [1.82, 2.24) is 14.7 Å². The average Bonchev–Trinajstić information content (AvgIpc) is 1.58. The number of thiophene rings is 4. The number of benzene rings is 10. The number of anilines is 3. The van der Waals surface area contributed by atoms with E-state index in [-0.39, 0.29) is 24.7 Å². The van der Waals surface area contributed by atoms with Gasteiger partial charge in [0.15, 0.2) is 34.8 Å². The normalized spacial score (nSPS) is 17.8. The number of hydrogen-bond donors (Lipinski definition) is 0. The van der Waals surface area contributed by atoms with Crippen LogP contribution in [0.25, 0.3) is 158 Å². The molecule has 0 saturated heterocycles. The minimum Gasteiger partial charge on any atom is -0.452 e. The van der Waals surface area contributed by atoms with Crippen LogP contribution in [0.15, 0.2) is 256 Å². The molecule has 0 spiro atoms. The summed E-state index contributed by atoms with van der Waals surface area (Å²) in [6, 6.07) is 63.8. The van der Waals surface area contributed by atoms with Gasteiger partial charge in [-0.1, -0.05) is 97.1 Å². The number of furan rings is 6. The summed E-state index contributed by atoms with van der Waals surface area (Å²) < 4.78 is 50.5. The summed E-state index contributed by atoms with van der Waals surface area (Å²) in [4.78, 5) is 22.5. The molecule has 5 aliphatic heterocycles. The van der Waals surface area contributed by atoms with Crippen molar-refractivity contribution in [3.8, 4) is 0 Å². The Labute approximate surface area is 695 Å². The van der Waals surface area contributed by atoms with Gasteiger partial charge in [0.05, 0.1) is 58.8 Å². The highest BCUT2D eigenvalue weighted by atomic mass is 32.2. The second-order valence-corrected chi connectivity index (χ2v) is 36.0. The monoisotopic (exact) mass is 1620 g/mol. The number of rotatable bonds is 5. The maximum atomic E-state index is 6.33.